The summed E-state index contributed by atoms with van der Waals surface area (Å²) in [5, 5.41) is 13.2. The lowest BCUT2D eigenvalue weighted by atomic mass is 10.2. The average Bonchev–Trinajstić information content (AvgIpc) is 3.20. The van der Waals surface area contributed by atoms with E-state index >= 15 is 0 Å². The number of amides is 1. The van der Waals surface area contributed by atoms with Gasteiger partial charge in [-0.15, -0.1) is 10.2 Å². The zero-order valence-corrected chi connectivity index (χ0v) is 17.0. The number of nitrogens with one attached hydrogen (secondary N) is 1. The molecule has 1 aromatic heterocycles. The molecule has 1 unspecified atom stereocenters. The number of carbonyl (C=O) groups excluding carboxylic acids is 1. The maximum Gasteiger partial charge on any atom is 0.234 e. The molecule has 1 amide bonds. The minimum atomic E-state index is -0.149. The molecule has 2 aliphatic rings. The summed E-state index contributed by atoms with van der Waals surface area (Å²) < 4.78 is 7.91. The Morgan fingerprint density at radius 1 is 1.30 bits per heavy atom. The Kier molecular flexibility index (Phi) is 5.92. The van der Waals surface area contributed by atoms with Crippen molar-refractivity contribution in [2.45, 2.75) is 49.4 Å². The van der Waals surface area contributed by atoms with Crippen LogP contribution in [0.1, 0.15) is 37.4 Å². The summed E-state index contributed by atoms with van der Waals surface area (Å²) in [4.78, 5) is 12.3. The molecule has 6 nitrogen and oxygen atoms in total. The second kappa shape index (κ2) is 8.39. The molecule has 2 aromatic rings. The van der Waals surface area contributed by atoms with Gasteiger partial charge in [0.05, 0.1) is 29.1 Å². The molecule has 1 saturated carbocycles. The number of hydrogen-bond donors (Lipinski definition) is 1. The average molecular weight is 427 g/mol. The Labute approximate surface area is 172 Å². The van der Waals surface area contributed by atoms with Gasteiger partial charge in [0.15, 0.2) is 5.16 Å². The van der Waals surface area contributed by atoms with Crippen LogP contribution >= 0.6 is 35.0 Å². The van der Waals surface area contributed by atoms with Crippen LogP contribution in [0.2, 0.25) is 10.0 Å². The fourth-order valence-electron chi connectivity index (χ4n) is 3.12. The molecule has 1 saturated heterocycles. The van der Waals surface area contributed by atoms with E-state index < -0.39 is 0 Å². The highest BCUT2D eigenvalue weighted by molar-refractivity contribution is 7.99. The van der Waals surface area contributed by atoms with Crippen molar-refractivity contribution in [1.29, 1.82) is 0 Å². The van der Waals surface area contributed by atoms with E-state index in [1.807, 2.05) is 0 Å². The molecule has 2 fully saturated rings. The number of ether oxygens (including phenoxy) is 1. The summed E-state index contributed by atoms with van der Waals surface area (Å²) >= 11 is 13.4. The maximum atomic E-state index is 12.3. The van der Waals surface area contributed by atoms with Crippen molar-refractivity contribution in [3.63, 3.8) is 0 Å². The number of halogens is 2. The van der Waals surface area contributed by atoms with Crippen molar-refractivity contribution >= 4 is 46.6 Å². The second-order valence-corrected chi connectivity index (χ2v) is 8.61. The Hall–Kier alpha value is -1.28. The van der Waals surface area contributed by atoms with E-state index in [1.54, 1.807) is 18.2 Å². The molecule has 2 heterocycles. The van der Waals surface area contributed by atoms with Crippen molar-refractivity contribution in [2.75, 3.05) is 17.7 Å². The van der Waals surface area contributed by atoms with Crippen LogP contribution in [0.15, 0.2) is 23.4 Å². The molecule has 1 aliphatic heterocycles. The third-order valence-electron chi connectivity index (χ3n) is 4.64. The quantitative estimate of drug-likeness (QED) is 0.665. The Morgan fingerprint density at radius 2 is 2.15 bits per heavy atom. The smallest absolute Gasteiger partial charge is 0.234 e. The van der Waals surface area contributed by atoms with Gasteiger partial charge in [-0.25, -0.2) is 0 Å². The third kappa shape index (κ3) is 4.77. The number of nitrogens with zero attached hydrogens (tertiary/aromatic N) is 3. The van der Waals surface area contributed by atoms with Gasteiger partial charge in [0, 0.05) is 17.5 Å². The van der Waals surface area contributed by atoms with E-state index in [4.69, 9.17) is 27.9 Å². The zero-order valence-electron chi connectivity index (χ0n) is 14.7. The van der Waals surface area contributed by atoms with E-state index in [1.165, 1.54) is 11.8 Å². The Balaban J connectivity index is 1.40. The highest BCUT2D eigenvalue weighted by Crippen LogP contribution is 2.40. The number of aromatic nitrogens is 3. The Morgan fingerprint density at radius 3 is 2.85 bits per heavy atom. The molecule has 27 heavy (non-hydrogen) atoms. The van der Waals surface area contributed by atoms with Crippen molar-refractivity contribution in [1.82, 2.24) is 14.8 Å². The van der Waals surface area contributed by atoms with Gasteiger partial charge in [0.25, 0.3) is 0 Å². The summed E-state index contributed by atoms with van der Waals surface area (Å²) in [6.45, 7) is 1.57. The van der Waals surface area contributed by atoms with Gasteiger partial charge in [-0.3, -0.25) is 4.79 Å². The van der Waals surface area contributed by atoms with Crippen molar-refractivity contribution in [2.24, 2.45) is 0 Å². The summed E-state index contributed by atoms with van der Waals surface area (Å²) in [7, 11) is 0. The van der Waals surface area contributed by atoms with Gasteiger partial charge in [-0.2, -0.15) is 0 Å². The van der Waals surface area contributed by atoms with Crippen LogP contribution in [0.25, 0.3) is 0 Å². The standard InChI is InChI=1S/C18H20Cl2N4O2S/c19-12-5-6-15(14(20)8-12)21-16(25)10-27-18-23-22-17(11-3-4-11)24(18)9-13-2-1-7-26-13/h5-6,8,11,13H,1-4,7,9-10H2,(H,21,25). The predicted molar refractivity (Wildman–Crippen MR) is 107 cm³/mol. The first-order valence-electron chi connectivity index (χ1n) is 9.02. The van der Waals surface area contributed by atoms with Crippen LogP contribution in [0.5, 0.6) is 0 Å². The van der Waals surface area contributed by atoms with Crippen LogP contribution in [0.4, 0.5) is 5.69 Å². The maximum absolute atomic E-state index is 12.3. The lowest BCUT2D eigenvalue weighted by molar-refractivity contribution is -0.113. The first-order chi connectivity index (χ1) is 13.1. The molecule has 1 atom stereocenters. The largest absolute Gasteiger partial charge is 0.376 e. The molecule has 0 bridgehead atoms. The topological polar surface area (TPSA) is 69.0 Å². The van der Waals surface area contributed by atoms with E-state index in [0.29, 0.717) is 21.7 Å². The van der Waals surface area contributed by atoms with Crippen LogP contribution in [0, 0.1) is 0 Å². The lowest BCUT2D eigenvalue weighted by Crippen LogP contribution is -2.19. The summed E-state index contributed by atoms with van der Waals surface area (Å²) in [5.41, 5.74) is 0.547. The molecular weight excluding hydrogens is 407 g/mol. The van der Waals surface area contributed by atoms with Crippen LogP contribution in [0.3, 0.4) is 0 Å². The molecule has 0 radical (unpaired) electrons. The van der Waals surface area contributed by atoms with Gasteiger partial charge in [0.1, 0.15) is 5.82 Å². The predicted octanol–water partition coefficient (Wildman–Crippen LogP) is 4.37. The molecule has 144 valence electrons. The Bertz CT molecular complexity index is 835. The lowest BCUT2D eigenvalue weighted by Gasteiger charge is -2.14. The first kappa shape index (κ1) is 19.1. The molecule has 1 N–H and O–H groups in total. The van der Waals surface area contributed by atoms with Crippen LogP contribution in [-0.2, 0) is 16.1 Å². The molecule has 4 rings (SSSR count). The van der Waals surface area contributed by atoms with Gasteiger partial charge in [0.2, 0.25) is 5.91 Å². The van der Waals surface area contributed by atoms with E-state index in [9.17, 15) is 4.79 Å². The number of carbonyl (C=O) groups is 1. The van der Waals surface area contributed by atoms with Gasteiger partial charge >= 0.3 is 0 Å². The minimum absolute atomic E-state index is 0.149. The number of hydrogen-bond acceptors (Lipinski definition) is 5. The highest BCUT2D eigenvalue weighted by Gasteiger charge is 2.32. The summed E-state index contributed by atoms with van der Waals surface area (Å²) in [6, 6.07) is 4.99. The number of anilines is 1. The van der Waals surface area contributed by atoms with E-state index in [0.717, 1.165) is 49.8 Å². The monoisotopic (exact) mass is 426 g/mol. The fraction of sp³-hybridized carbons (Fsp3) is 0.500. The van der Waals surface area contributed by atoms with Gasteiger partial charge in [-0.1, -0.05) is 35.0 Å². The summed E-state index contributed by atoms with van der Waals surface area (Å²) in [6.07, 6.45) is 4.67. The number of thioether (sulfide) groups is 1. The van der Waals surface area contributed by atoms with Gasteiger partial charge < -0.3 is 14.6 Å². The molecule has 9 heteroatoms. The van der Waals surface area contributed by atoms with Crippen molar-refractivity contribution in [3.05, 3.63) is 34.1 Å². The number of benzene rings is 1. The third-order valence-corrected chi connectivity index (χ3v) is 6.15. The second-order valence-electron chi connectivity index (χ2n) is 6.82. The normalized spacial score (nSPS) is 19.4. The van der Waals surface area contributed by atoms with E-state index in [-0.39, 0.29) is 17.8 Å². The minimum Gasteiger partial charge on any atom is -0.376 e. The van der Waals surface area contributed by atoms with Crippen molar-refractivity contribution < 1.29 is 9.53 Å². The zero-order chi connectivity index (χ0) is 18.8. The van der Waals surface area contributed by atoms with E-state index in [2.05, 4.69) is 20.1 Å². The highest BCUT2D eigenvalue weighted by atomic mass is 35.5. The SMILES string of the molecule is O=C(CSc1nnc(C2CC2)n1CC1CCCO1)Nc1ccc(Cl)cc1Cl. The molecule has 0 spiro atoms. The summed E-state index contributed by atoms with van der Waals surface area (Å²) in [5.74, 6) is 1.60. The molecular formula is C18H20Cl2N4O2S. The number of rotatable bonds is 7. The first-order valence-corrected chi connectivity index (χ1v) is 10.8. The molecule has 1 aliphatic carbocycles. The van der Waals surface area contributed by atoms with Crippen molar-refractivity contribution in [3.8, 4) is 0 Å². The van der Waals surface area contributed by atoms with Crippen LogP contribution < -0.4 is 5.32 Å². The van der Waals surface area contributed by atoms with Crippen LogP contribution in [-0.4, -0.2) is 39.1 Å². The molecule has 1 aromatic carbocycles. The van der Waals surface area contributed by atoms with Gasteiger partial charge in [-0.05, 0) is 43.9 Å². The fourth-order valence-corrected chi connectivity index (χ4v) is 4.33.